The average Bonchev–Trinajstić information content (AvgIpc) is 3.60. The lowest BCUT2D eigenvalue weighted by Gasteiger charge is -2.36. The highest BCUT2D eigenvalue weighted by Crippen LogP contribution is 2.37. The van der Waals surface area contributed by atoms with E-state index in [1.165, 1.54) is 0 Å². The fraction of sp³-hybridized carbons (Fsp3) is 0.536. The molecule has 3 fully saturated rings. The summed E-state index contributed by atoms with van der Waals surface area (Å²) in [5.74, 6) is 0.998. The largest absolute Gasteiger partial charge is 0.433 e. The van der Waals surface area contributed by atoms with Crippen LogP contribution < -0.4 is 15.4 Å². The standard InChI is InChI=1S/C28H37N7O4/c1-19-17-37-10-8-34(19)23-12-20(11-21(13-23)28(36)5-9-38-18-28)25-15-30-26(29)27(32-25)39-24-14-31-35(16-24)22-3-6-33(2)7-4-22/h11-16,19,22,36H,3-10,17-18H2,1-2H3,(H2,29,30)/t19-,28+/m1/s1. The van der Waals surface area contributed by atoms with Gasteiger partial charge in [-0.25, -0.2) is 9.97 Å². The van der Waals surface area contributed by atoms with Crippen molar-refractivity contribution in [3.8, 4) is 22.9 Å². The fourth-order valence-corrected chi connectivity index (χ4v) is 5.63. The molecule has 2 atom stereocenters. The van der Waals surface area contributed by atoms with Gasteiger partial charge in [0.1, 0.15) is 5.60 Å². The number of piperidine rings is 1. The summed E-state index contributed by atoms with van der Waals surface area (Å²) in [6.45, 7) is 7.09. The second kappa shape index (κ2) is 10.7. The van der Waals surface area contributed by atoms with E-state index in [9.17, 15) is 5.11 Å². The van der Waals surface area contributed by atoms with Crippen molar-refractivity contribution in [2.24, 2.45) is 0 Å². The smallest absolute Gasteiger partial charge is 0.263 e. The van der Waals surface area contributed by atoms with Gasteiger partial charge in [0.25, 0.3) is 5.88 Å². The summed E-state index contributed by atoms with van der Waals surface area (Å²) in [6, 6.07) is 6.65. The molecule has 208 valence electrons. The zero-order valence-corrected chi connectivity index (χ0v) is 22.6. The van der Waals surface area contributed by atoms with Crippen LogP contribution in [-0.4, -0.2) is 88.9 Å². The Labute approximate surface area is 228 Å². The molecule has 6 rings (SSSR count). The molecule has 3 aliphatic rings. The number of morpholine rings is 1. The summed E-state index contributed by atoms with van der Waals surface area (Å²) in [5, 5.41) is 15.9. The SMILES string of the molecule is C[C@@H]1COCCN1c1cc(-c2cnc(N)c(Oc3cnn(C4CCN(C)CC4)c3)n2)cc([C@]2(O)CCOC2)c1. The van der Waals surface area contributed by atoms with Gasteiger partial charge in [-0.05, 0) is 63.7 Å². The number of likely N-dealkylation sites (tertiary alicyclic amines) is 1. The highest BCUT2D eigenvalue weighted by Gasteiger charge is 2.35. The zero-order chi connectivity index (χ0) is 27.0. The molecule has 3 N–H and O–H groups in total. The Kier molecular flexibility index (Phi) is 7.15. The number of nitrogen functional groups attached to an aromatic ring is 1. The van der Waals surface area contributed by atoms with E-state index >= 15 is 0 Å². The van der Waals surface area contributed by atoms with Gasteiger partial charge in [0.2, 0.25) is 0 Å². The third-order valence-corrected chi connectivity index (χ3v) is 8.07. The first-order valence-corrected chi connectivity index (χ1v) is 13.7. The summed E-state index contributed by atoms with van der Waals surface area (Å²) in [4.78, 5) is 13.8. The Morgan fingerprint density at radius 3 is 2.72 bits per heavy atom. The molecule has 11 nitrogen and oxygen atoms in total. The van der Waals surface area contributed by atoms with Crippen molar-refractivity contribution in [2.45, 2.75) is 43.9 Å². The first-order valence-electron chi connectivity index (χ1n) is 13.7. The van der Waals surface area contributed by atoms with Gasteiger partial charge in [0.15, 0.2) is 11.6 Å². The molecule has 11 heteroatoms. The monoisotopic (exact) mass is 535 g/mol. The lowest BCUT2D eigenvalue weighted by atomic mass is 9.90. The van der Waals surface area contributed by atoms with Crippen molar-refractivity contribution in [3.63, 3.8) is 0 Å². The van der Waals surface area contributed by atoms with Gasteiger partial charge >= 0.3 is 0 Å². The van der Waals surface area contributed by atoms with Gasteiger partial charge in [0, 0.05) is 36.9 Å². The third kappa shape index (κ3) is 5.44. The molecule has 0 saturated carbocycles. The van der Waals surface area contributed by atoms with E-state index in [-0.39, 0.29) is 24.3 Å². The van der Waals surface area contributed by atoms with Gasteiger partial charge in [-0.2, -0.15) is 5.10 Å². The second-order valence-electron chi connectivity index (χ2n) is 11.0. The number of anilines is 2. The predicted molar refractivity (Wildman–Crippen MR) is 147 cm³/mol. The van der Waals surface area contributed by atoms with Crippen molar-refractivity contribution in [3.05, 3.63) is 42.4 Å². The van der Waals surface area contributed by atoms with Crippen LogP contribution in [0.1, 0.15) is 37.8 Å². The lowest BCUT2D eigenvalue weighted by molar-refractivity contribution is 0.0232. The summed E-state index contributed by atoms with van der Waals surface area (Å²) < 4.78 is 19.3. The van der Waals surface area contributed by atoms with Crippen LogP contribution in [0.25, 0.3) is 11.3 Å². The van der Waals surface area contributed by atoms with Crippen LogP contribution in [-0.2, 0) is 15.1 Å². The van der Waals surface area contributed by atoms with Gasteiger partial charge in [0.05, 0.1) is 50.1 Å². The molecule has 0 unspecified atom stereocenters. The normalized spacial score (nSPS) is 24.8. The number of aromatic nitrogens is 4. The molecule has 1 aromatic carbocycles. The molecular formula is C28H37N7O4. The molecule has 0 aliphatic carbocycles. The number of ether oxygens (including phenoxy) is 3. The van der Waals surface area contributed by atoms with Crippen LogP contribution >= 0.6 is 0 Å². The van der Waals surface area contributed by atoms with Crippen LogP contribution in [0, 0.1) is 0 Å². The van der Waals surface area contributed by atoms with Gasteiger partial charge in [-0.3, -0.25) is 4.68 Å². The van der Waals surface area contributed by atoms with Crippen LogP contribution in [0.15, 0.2) is 36.8 Å². The Morgan fingerprint density at radius 2 is 1.95 bits per heavy atom. The van der Waals surface area contributed by atoms with Crippen LogP contribution in [0.3, 0.4) is 0 Å². The van der Waals surface area contributed by atoms with E-state index in [2.05, 4.69) is 46.0 Å². The third-order valence-electron chi connectivity index (χ3n) is 8.07. The maximum absolute atomic E-state index is 11.4. The molecule has 39 heavy (non-hydrogen) atoms. The molecule has 0 bridgehead atoms. The second-order valence-corrected chi connectivity index (χ2v) is 11.0. The number of nitrogens with two attached hydrogens (primary N) is 1. The minimum Gasteiger partial charge on any atom is -0.433 e. The number of rotatable bonds is 6. The first kappa shape index (κ1) is 26.0. The Bertz CT molecular complexity index is 1300. The Balaban J connectivity index is 1.31. The quantitative estimate of drug-likeness (QED) is 0.487. The summed E-state index contributed by atoms with van der Waals surface area (Å²) in [5.41, 5.74) is 8.36. The molecule has 2 aromatic heterocycles. The number of aliphatic hydroxyl groups is 1. The molecule has 5 heterocycles. The number of nitrogens with zero attached hydrogens (tertiary/aromatic N) is 6. The summed E-state index contributed by atoms with van der Waals surface area (Å²) >= 11 is 0. The van der Waals surface area contributed by atoms with E-state index in [1.54, 1.807) is 12.4 Å². The minimum atomic E-state index is -1.05. The van der Waals surface area contributed by atoms with Crippen molar-refractivity contribution in [1.82, 2.24) is 24.6 Å². The molecule has 0 amide bonds. The zero-order valence-electron chi connectivity index (χ0n) is 22.6. The molecule has 3 aromatic rings. The topological polar surface area (TPSA) is 124 Å². The molecule has 0 radical (unpaired) electrons. The summed E-state index contributed by atoms with van der Waals surface area (Å²) in [7, 11) is 2.14. The van der Waals surface area contributed by atoms with E-state index in [0.717, 1.165) is 49.3 Å². The summed E-state index contributed by atoms with van der Waals surface area (Å²) in [6.07, 6.45) is 7.88. The number of benzene rings is 1. The Morgan fingerprint density at radius 1 is 1.10 bits per heavy atom. The highest BCUT2D eigenvalue weighted by molar-refractivity contribution is 5.69. The fourth-order valence-electron chi connectivity index (χ4n) is 5.63. The predicted octanol–water partition coefficient (Wildman–Crippen LogP) is 2.81. The molecular weight excluding hydrogens is 498 g/mol. The van der Waals surface area contributed by atoms with Crippen molar-refractivity contribution in [2.75, 3.05) is 63.7 Å². The first-order chi connectivity index (χ1) is 18.9. The maximum Gasteiger partial charge on any atom is 0.263 e. The van der Waals surface area contributed by atoms with Crippen molar-refractivity contribution in [1.29, 1.82) is 0 Å². The van der Waals surface area contributed by atoms with E-state index < -0.39 is 5.60 Å². The van der Waals surface area contributed by atoms with Gasteiger partial charge < -0.3 is 34.9 Å². The van der Waals surface area contributed by atoms with Crippen molar-refractivity contribution >= 4 is 11.5 Å². The molecule has 3 saturated heterocycles. The van der Waals surface area contributed by atoms with E-state index in [0.29, 0.717) is 43.7 Å². The maximum atomic E-state index is 11.4. The molecule has 0 spiro atoms. The Hall–Kier alpha value is -3.25. The minimum absolute atomic E-state index is 0.201. The lowest BCUT2D eigenvalue weighted by Crippen LogP contribution is -2.43. The highest BCUT2D eigenvalue weighted by atomic mass is 16.5. The van der Waals surface area contributed by atoms with E-state index in [4.69, 9.17) is 24.9 Å². The van der Waals surface area contributed by atoms with Crippen LogP contribution in [0.5, 0.6) is 11.6 Å². The number of hydrogen-bond acceptors (Lipinski definition) is 10. The van der Waals surface area contributed by atoms with Gasteiger partial charge in [-0.15, -0.1) is 0 Å². The van der Waals surface area contributed by atoms with E-state index in [1.807, 2.05) is 16.9 Å². The molecule has 3 aliphatic heterocycles. The average molecular weight is 536 g/mol. The van der Waals surface area contributed by atoms with Gasteiger partial charge in [-0.1, -0.05) is 0 Å². The van der Waals surface area contributed by atoms with Crippen LogP contribution in [0.2, 0.25) is 0 Å². The number of hydrogen-bond donors (Lipinski definition) is 2. The van der Waals surface area contributed by atoms with Crippen molar-refractivity contribution < 1.29 is 19.3 Å². The van der Waals surface area contributed by atoms with Crippen LogP contribution in [0.4, 0.5) is 11.5 Å².